The predicted molar refractivity (Wildman–Crippen MR) is 281 cm³/mol. The second-order valence-corrected chi connectivity index (χ2v) is 20.8. The number of carboxylic acids is 3. The number of methoxy groups -OCH3 is 2. The summed E-state index contributed by atoms with van der Waals surface area (Å²) < 4.78 is 10.6. The number of aliphatic hydroxyl groups is 1. The first kappa shape index (κ1) is 66.2. The minimum Gasteiger partial charge on any atom is -0.550 e. The molecule has 1 aromatic carbocycles. The van der Waals surface area contributed by atoms with Gasteiger partial charge in [0.15, 0.2) is 11.5 Å². The number of ether oxygens (including phenoxy) is 2. The van der Waals surface area contributed by atoms with Crippen LogP contribution in [0.1, 0.15) is 110 Å². The Balaban J connectivity index is 1.30. The highest BCUT2D eigenvalue weighted by Crippen LogP contribution is 2.29. The molecule has 8 N–H and O–H groups in total. The lowest BCUT2D eigenvalue weighted by molar-refractivity contribution is -0.307. The molecule has 4 aliphatic rings. The molecule has 1 aromatic rings. The minimum atomic E-state index is -1.80. The minimum absolute atomic E-state index is 0.0222. The van der Waals surface area contributed by atoms with Crippen molar-refractivity contribution in [3.05, 3.63) is 23.8 Å². The number of aliphatic carboxylic acids is 3. The van der Waals surface area contributed by atoms with Crippen molar-refractivity contribution in [2.75, 3.05) is 40.4 Å². The number of benzene rings is 1. The van der Waals surface area contributed by atoms with E-state index in [0.717, 1.165) is 11.8 Å². The monoisotopic (exact) mass is 1180 g/mol. The maximum atomic E-state index is 14.6. The molecule has 5 rings (SSSR count). The molecule has 4 heterocycles. The molecule has 4 aliphatic heterocycles. The first-order chi connectivity index (χ1) is 39.8. The molecular formula is C53H72N11O20-3. The van der Waals surface area contributed by atoms with E-state index in [-0.39, 0.29) is 51.9 Å². The van der Waals surface area contributed by atoms with Crippen LogP contribution in [-0.4, -0.2) is 215 Å². The molecule has 31 nitrogen and oxygen atoms in total. The third kappa shape index (κ3) is 17.7. The quantitative estimate of drug-likeness (QED) is 0.0289. The molecule has 0 radical (unpaired) electrons. The van der Waals surface area contributed by atoms with Gasteiger partial charge in [-0.2, -0.15) is 0 Å². The van der Waals surface area contributed by atoms with Crippen LogP contribution in [0, 0.1) is 0 Å². The van der Waals surface area contributed by atoms with E-state index in [1.807, 2.05) is 0 Å². The number of oxime groups is 1. The Kier molecular flexibility index (Phi) is 24.1. The number of aliphatic hydroxyl groups excluding tert-OH is 1. The Morgan fingerprint density at radius 3 is 1.73 bits per heavy atom. The second-order valence-electron chi connectivity index (χ2n) is 20.8. The summed E-state index contributed by atoms with van der Waals surface area (Å²) in [4.78, 5) is 181. The average molecular weight is 1180 g/mol. The Bertz CT molecular complexity index is 2690. The average Bonchev–Trinajstić information content (AvgIpc) is 3.60. The molecule has 31 heteroatoms. The van der Waals surface area contributed by atoms with Crippen LogP contribution in [-0.2, 0) is 67.2 Å². The van der Waals surface area contributed by atoms with Gasteiger partial charge in [0.2, 0.25) is 59.1 Å². The number of hydrogen-bond acceptors (Lipinski definition) is 21. The summed E-state index contributed by atoms with van der Waals surface area (Å²) >= 11 is 0. The fraction of sp³-hybridized carbons (Fsp3) is 0.623. The summed E-state index contributed by atoms with van der Waals surface area (Å²) in [5.41, 5.74) is 5.82. The predicted octanol–water partition coefficient (Wildman–Crippen LogP) is -7.08. The molecule has 462 valence electrons. The molecule has 84 heavy (non-hydrogen) atoms. The number of rotatable bonds is 29. The van der Waals surface area contributed by atoms with Crippen molar-refractivity contribution in [3.8, 4) is 11.5 Å². The van der Waals surface area contributed by atoms with Gasteiger partial charge in [-0.3, -0.25) is 47.9 Å². The second kappa shape index (κ2) is 30.6. The van der Waals surface area contributed by atoms with Crippen LogP contribution < -0.4 is 57.1 Å². The zero-order valence-corrected chi connectivity index (χ0v) is 47.2. The van der Waals surface area contributed by atoms with Crippen LogP contribution in [0.25, 0.3) is 0 Å². The van der Waals surface area contributed by atoms with Crippen molar-refractivity contribution in [2.24, 2.45) is 10.9 Å². The number of nitrogens with zero attached hydrogens (tertiary/aromatic N) is 5. The maximum Gasteiger partial charge on any atom is 0.246 e. The van der Waals surface area contributed by atoms with Gasteiger partial charge in [-0.05, 0) is 109 Å². The van der Waals surface area contributed by atoms with Crippen molar-refractivity contribution in [3.63, 3.8) is 0 Å². The van der Waals surface area contributed by atoms with Gasteiger partial charge < -0.3 is 101 Å². The fourth-order valence-electron chi connectivity index (χ4n) is 10.5. The van der Waals surface area contributed by atoms with Crippen LogP contribution in [0.15, 0.2) is 23.4 Å². The van der Waals surface area contributed by atoms with Crippen molar-refractivity contribution in [2.45, 2.75) is 171 Å². The van der Waals surface area contributed by atoms with Gasteiger partial charge in [0.1, 0.15) is 60.5 Å². The van der Waals surface area contributed by atoms with E-state index in [9.17, 15) is 82.8 Å². The highest BCUT2D eigenvalue weighted by molar-refractivity contribution is 5.99. The third-order valence-electron chi connectivity index (χ3n) is 14.9. The highest BCUT2D eigenvalue weighted by Gasteiger charge is 2.47. The summed E-state index contributed by atoms with van der Waals surface area (Å²) in [5, 5.41) is 61.2. The first-order valence-electron chi connectivity index (χ1n) is 27.4. The largest absolute Gasteiger partial charge is 0.550 e. The molecule has 11 atom stereocenters. The third-order valence-corrected chi connectivity index (χ3v) is 14.9. The van der Waals surface area contributed by atoms with E-state index >= 15 is 0 Å². The molecule has 0 spiro atoms. The summed E-state index contributed by atoms with van der Waals surface area (Å²) in [6.45, 7) is 3.67. The van der Waals surface area contributed by atoms with E-state index in [1.165, 1.54) is 49.0 Å². The standard InChI is InChI=1S/C53H75N11O20/c1-27(51(79)63-22-8-11-37(63)53(81)62-21-7-10-36(62)48(76)58-33(14-18-42(69)70)46(74)57-32(45(54)73)13-17-41(67)68)56-50(78)44(28(2)65)60-49(77)38-24-31(84-55-25-30-12-16-39(82-4)40(23-30)83-5)26-64(38)52(80)34(15-19-43(71)72)59-47(75)35-9-6-20-61(35)29(3)66/h12,16,23,25,27-28,31-38,44,65H,6-11,13-15,17-22,24,26H2,1-5H3,(H2,54,73)(H,56,78)(H,57,74)(H,58,76)(H,59,75)(H,60,77)(H,67,68)(H,69,70)(H,71,72)/p-3/b55-25+/t27-,28+,31+,32-,33-,34-,35-,36-,37-,38-,44-/m0/s1. The maximum absolute atomic E-state index is 14.6. The molecule has 10 amide bonds. The number of likely N-dealkylation sites (tertiary alicyclic amines) is 4. The van der Waals surface area contributed by atoms with Gasteiger partial charge in [0.05, 0.1) is 33.1 Å². The molecule has 4 fully saturated rings. The van der Waals surface area contributed by atoms with Gasteiger partial charge in [0, 0.05) is 56.5 Å². The number of amides is 10. The zero-order chi connectivity index (χ0) is 62.1. The smallest absolute Gasteiger partial charge is 0.246 e. The van der Waals surface area contributed by atoms with E-state index < -0.39 is 182 Å². The van der Waals surface area contributed by atoms with Crippen LogP contribution in [0.2, 0.25) is 0 Å². The molecule has 0 aliphatic carbocycles. The summed E-state index contributed by atoms with van der Waals surface area (Å²) in [7, 11) is 2.88. The summed E-state index contributed by atoms with van der Waals surface area (Å²) in [5.74, 6) is -12.6. The molecule has 0 saturated carbocycles. The van der Waals surface area contributed by atoms with Gasteiger partial charge in [-0.15, -0.1) is 0 Å². The van der Waals surface area contributed by atoms with E-state index in [2.05, 4.69) is 31.7 Å². The lowest BCUT2D eigenvalue weighted by atomic mass is 10.1. The number of carbonyl (C=O) groups is 13. The molecule has 4 saturated heterocycles. The fourth-order valence-corrected chi connectivity index (χ4v) is 10.5. The number of hydrogen-bond donors (Lipinski definition) is 7. The number of nitrogens with one attached hydrogen (secondary N) is 5. The molecular weight excluding hydrogens is 1110 g/mol. The Labute approximate surface area is 482 Å². The number of nitrogens with two attached hydrogens (primary N) is 1. The van der Waals surface area contributed by atoms with Crippen molar-refractivity contribution < 1.29 is 97.1 Å². The van der Waals surface area contributed by atoms with E-state index in [0.29, 0.717) is 36.3 Å². The lowest BCUT2D eigenvalue weighted by Gasteiger charge is -2.33. The van der Waals surface area contributed by atoms with Crippen molar-refractivity contribution in [1.29, 1.82) is 0 Å². The molecule has 0 aromatic heterocycles. The number of primary amides is 1. The lowest BCUT2D eigenvalue weighted by Crippen LogP contribution is -2.61. The normalized spacial score (nSPS) is 21.5. The van der Waals surface area contributed by atoms with Gasteiger partial charge in [0.25, 0.3) is 0 Å². The summed E-state index contributed by atoms with van der Waals surface area (Å²) in [6, 6.07) is -7.97. The molecule has 0 bridgehead atoms. The topological polar surface area (TPSA) is 450 Å². The zero-order valence-electron chi connectivity index (χ0n) is 47.2. The molecule has 0 unspecified atom stereocenters. The van der Waals surface area contributed by atoms with Gasteiger partial charge >= 0.3 is 0 Å². The first-order valence-corrected chi connectivity index (χ1v) is 27.4. The summed E-state index contributed by atoms with van der Waals surface area (Å²) in [6.07, 6.45) is -3.74. The SMILES string of the molecule is COc1ccc(/C=N/O[C@@H]2C[C@@H](C(=O)N[C@H](C(=O)N[C@@H](C)C(=O)N3CCC[C@H]3C(=O)N3CCC[C@H]3C(=O)N[C@@H](CCC(=O)[O-])C(=O)N[C@@H](CCC(=O)[O-])C(N)=O)[C@@H](C)O)N(C(=O)[C@H](CCC(=O)[O-])NC(=O)[C@@H]3CCCN3C(C)=O)C2)cc1OC. The van der Waals surface area contributed by atoms with Gasteiger partial charge in [-0.25, -0.2) is 0 Å². The van der Waals surface area contributed by atoms with Crippen LogP contribution in [0.3, 0.4) is 0 Å². The highest BCUT2D eigenvalue weighted by atomic mass is 16.6. The van der Waals surface area contributed by atoms with Crippen LogP contribution in [0.5, 0.6) is 11.5 Å². The number of carboxylic acid groups (broad SMARTS) is 3. The Morgan fingerprint density at radius 1 is 0.643 bits per heavy atom. The van der Waals surface area contributed by atoms with Gasteiger partial charge in [-0.1, -0.05) is 5.16 Å². The van der Waals surface area contributed by atoms with E-state index in [1.54, 1.807) is 18.2 Å². The van der Waals surface area contributed by atoms with E-state index in [4.69, 9.17) is 20.0 Å². The Hall–Kier alpha value is -8.64. The Morgan fingerprint density at radius 2 is 1.17 bits per heavy atom. The van der Waals surface area contributed by atoms with Crippen LogP contribution >= 0.6 is 0 Å². The number of carbonyl (C=O) groups excluding carboxylic acids is 13. The van der Waals surface area contributed by atoms with Crippen molar-refractivity contribution >= 4 is 83.2 Å². The van der Waals surface area contributed by atoms with Crippen LogP contribution in [0.4, 0.5) is 0 Å². The van der Waals surface area contributed by atoms with Crippen molar-refractivity contribution in [1.82, 2.24) is 46.2 Å².